The van der Waals surface area contributed by atoms with Gasteiger partial charge in [-0.3, -0.25) is 0 Å². The van der Waals surface area contributed by atoms with E-state index in [-0.39, 0.29) is 12.6 Å². The summed E-state index contributed by atoms with van der Waals surface area (Å²) in [5, 5.41) is 11.4. The van der Waals surface area contributed by atoms with Crippen molar-refractivity contribution < 1.29 is 19.4 Å². The normalized spacial score (nSPS) is 16.2. The Morgan fingerprint density at radius 2 is 2.14 bits per heavy atom. The molecule has 0 spiro atoms. The lowest BCUT2D eigenvalue weighted by atomic mass is 9.97. The molecule has 1 fully saturated rings. The zero-order valence-corrected chi connectivity index (χ0v) is 13.4. The number of anilines is 1. The number of carboxylic acid groups (broad SMARTS) is 1. The minimum absolute atomic E-state index is 0.224. The number of amides is 2. The van der Waals surface area contributed by atoms with Crippen molar-refractivity contribution in [2.45, 2.75) is 19.4 Å². The first kappa shape index (κ1) is 15.8. The molecule has 0 atom stereocenters. The molecule has 1 aromatic rings. The molecule has 0 bridgehead atoms. The number of aryl methyl sites for hydroxylation is 1. The zero-order chi connectivity index (χ0) is 15.6. The van der Waals surface area contributed by atoms with E-state index in [1.54, 1.807) is 11.8 Å². The summed E-state index contributed by atoms with van der Waals surface area (Å²) in [6.45, 7) is 4.13. The van der Waals surface area contributed by atoms with Crippen LogP contribution in [0, 0.1) is 6.92 Å². The maximum Gasteiger partial charge on any atom is 0.329 e. The summed E-state index contributed by atoms with van der Waals surface area (Å²) in [7, 11) is 0. The maximum atomic E-state index is 12.1. The Bertz CT molecular complexity index is 570. The first-order valence-electron chi connectivity index (χ1n) is 6.47. The van der Waals surface area contributed by atoms with Crippen molar-refractivity contribution in [1.29, 1.82) is 0 Å². The van der Waals surface area contributed by atoms with Gasteiger partial charge in [-0.15, -0.1) is 0 Å². The summed E-state index contributed by atoms with van der Waals surface area (Å²) >= 11 is 3.44. The Kier molecular flexibility index (Phi) is 4.53. The Balaban J connectivity index is 1.89. The number of carbonyl (C=O) groups is 2. The lowest BCUT2D eigenvalue weighted by molar-refractivity contribution is -0.159. The molecule has 0 aliphatic carbocycles. The number of likely N-dealkylation sites (tertiary alicyclic amines) is 1. The van der Waals surface area contributed by atoms with E-state index in [0.29, 0.717) is 18.8 Å². The number of ether oxygens (including phenoxy) is 1. The van der Waals surface area contributed by atoms with E-state index in [9.17, 15) is 9.59 Å². The number of hydrogen-bond acceptors (Lipinski definition) is 3. The third kappa shape index (κ3) is 3.74. The predicted octanol–water partition coefficient (Wildman–Crippen LogP) is 2.46. The van der Waals surface area contributed by atoms with Crippen LogP contribution in [0.1, 0.15) is 12.5 Å². The molecule has 2 N–H and O–H groups in total. The number of hydrogen-bond donors (Lipinski definition) is 2. The van der Waals surface area contributed by atoms with E-state index in [1.807, 2.05) is 25.1 Å². The lowest BCUT2D eigenvalue weighted by Crippen LogP contribution is -2.64. The molecular formula is C14H17BrN2O4. The molecule has 1 aromatic carbocycles. The molecule has 114 valence electrons. The molecule has 2 amide bonds. The zero-order valence-electron chi connectivity index (χ0n) is 11.9. The summed E-state index contributed by atoms with van der Waals surface area (Å²) in [4.78, 5) is 24.2. The van der Waals surface area contributed by atoms with Gasteiger partial charge in [-0.2, -0.15) is 0 Å². The second-order valence-electron chi connectivity index (χ2n) is 5.35. The highest BCUT2D eigenvalue weighted by molar-refractivity contribution is 9.10. The van der Waals surface area contributed by atoms with Gasteiger partial charge in [0.05, 0.1) is 18.8 Å². The molecule has 0 saturated carbocycles. The third-order valence-corrected chi connectivity index (χ3v) is 4.37. The smallest absolute Gasteiger partial charge is 0.329 e. The number of halogens is 1. The first-order chi connectivity index (χ1) is 9.81. The number of nitrogens with zero attached hydrogens (tertiary/aromatic N) is 1. The second kappa shape index (κ2) is 6.03. The summed E-state index contributed by atoms with van der Waals surface area (Å²) in [6, 6.07) is 5.40. The predicted molar refractivity (Wildman–Crippen MR) is 81.5 cm³/mol. The van der Waals surface area contributed by atoms with Gasteiger partial charge < -0.3 is 20.1 Å². The van der Waals surface area contributed by atoms with E-state index in [4.69, 9.17) is 9.84 Å². The number of aliphatic carboxylic acids is 1. The summed E-state index contributed by atoms with van der Waals surface area (Å²) in [5.41, 5.74) is 1.16. The van der Waals surface area contributed by atoms with E-state index in [2.05, 4.69) is 21.2 Å². The van der Waals surface area contributed by atoms with Gasteiger partial charge in [-0.05, 0) is 41.4 Å². The highest BCUT2D eigenvalue weighted by atomic mass is 79.9. The highest BCUT2D eigenvalue weighted by Crippen LogP contribution is 2.28. The van der Waals surface area contributed by atoms with Crippen LogP contribution in [0.15, 0.2) is 22.7 Å². The van der Waals surface area contributed by atoms with Gasteiger partial charge in [0.25, 0.3) is 0 Å². The largest absolute Gasteiger partial charge is 0.480 e. The van der Waals surface area contributed by atoms with Crippen molar-refractivity contribution in [1.82, 2.24) is 4.90 Å². The van der Waals surface area contributed by atoms with Crippen LogP contribution in [0.4, 0.5) is 10.5 Å². The van der Waals surface area contributed by atoms with Crippen LogP contribution in [0.2, 0.25) is 0 Å². The monoisotopic (exact) mass is 356 g/mol. The van der Waals surface area contributed by atoms with Gasteiger partial charge in [0, 0.05) is 4.47 Å². The molecule has 1 aliphatic heterocycles. The molecule has 0 radical (unpaired) electrons. The highest BCUT2D eigenvalue weighted by Gasteiger charge is 2.42. The van der Waals surface area contributed by atoms with Crippen LogP contribution in [-0.4, -0.2) is 47.3 Å². The molecule has 1 heterocycles. The van der Waals surface area contributed by atoms with Crippen LogP contribution in [0.3, 0.4) is 0 Å². The number of carbonyl (C=O) groups excluding carboxylic acids is 1. The molecule has 0 unspecified atom stereocenters. The van der Waals surface area contributed by atoms with Crippen molar-refractivity contribution in [2.24, 2.45) is 0 Å². The quantitative estimate of drug-likeness (QED) is 0.868. The molecule has 0 aromatic heterocycles. The average Bonchev–Trinajstić information content (AvgIpc) is 2.38. The van der Waals surface area contributed by atoms with E-state index < -0.39 is 11.6 Å². The molecule has 6 nitrogen and oxygen atoms in total. The molecule has 2 rings (SSSR count). The molecule has 21 heavy (non-hydrogen) atoms. The topological polar surface area (TPSA) is 78.9 Å². The van der Waals surface area contributed by atoms with Crippen LogP contribution >= 0.6 is 15.9 Å². The number of urea groups is 1. The van der Waals surface area contributed by atoms with Gasteiger partial charge in [0.1, 0.15) is 12.2 Å². The fraction of sp³-hybridized carbons (Fsp3) is 0.429. The summed E-state index contributed by atoms with van der Waals surface area (Å²) < 4.78 is 6.12. The van der Waals surface area contributed by atoms with Crippen LogP contribution < -0.4 is 5.32 Å². The fourth-order valence-corrected chi connectivity index (χ4v) is 2.53. The third-order valence-electron chi connectivity index (χ3n) is 3.32. The van der Waals surface area contributed by atoms with Gasteiger partial charge in [-0.1, -0.05) is 12.1 Å². The number of carboxylic acids is 1. The molecule has 1 saturated heterocycles. The number of benzene rings is 1. The van der Waals surface area contributed by atoms with Crippen LogP contribution in [-0.2, 0) is 9.53 Å². The summed E-state index contributed by atoms with van der Waals surface area (Å²) in [6.07, 6.45) is 0. The Hall–Kier alpha value is -1.60. The van der Waals surface area contributed by atoms with E-state index >= 15 is 0 Å². The van der Waals surface area contributed by atoms with Crippen molar-refractivity contribution in [3.8, 4) is 0 Å². The minimum Gasteiger partial charge on any atom is -0.480 e. The van der Waals surface area contributed by atoms with E-state index in [1.165, 1.54) is 0 Å². The Morgan fingerprint density at radius 3 is 2.76 bits per heavy atom. The van der Waals surface area contributed by atoms with Crippen molar-refractivity contribution in [3.05, 3.63) is 28.2 Å². The number of nitrogens with one attached hydrogen (secondary N) is 1. The van der Waals surface area contributed by atoms with Crippen molar-refractivity contribution in [3.63, 3.8) is 0 Å². The van der Waals surface area contributed by atoms with Crippen LogP contribution in [0.5, 0.6) is 0 Å². The molecule has 1 aliphatic rings. The minimum atomic E-state index is -1.01. The van der Waals surface area contributed by atoms with Gasteiger partial charge in [0.15, 0.2) is 0 Å². The standard InChI is InChI=1S/C14H17BrN2O4/c1-9-4-3-5-10(12(9)15)16-13(20)17-7-14(2,8-17)21-6-11(18)19/h3-5H,6-8H2,1-2H3,(H,16,20)(H,18,19). The Labute approximate surface area is 131 Å². The maximum absolute atomic E-state index is 12.1. The fourth-order valence-electron chi connectivity index (χ4n) is 2.17. The second-order valence-corrected chi connectivity index (χ2v) is 6.15. The molecule has 7 heteroatoms. The Morgan fingerprint density at radius 1 is 1.48 bits per heavy atom. The van der Waals surface area contributed by atoms with Gasteiger partial charge in [-0.25, -0.2) is 9.59 Å². The van der Waals surface area contributed by atoms with E-state index in [0.717, 1.165) is 10.0 Å². The van der Waals surface area contributed by atoms with Gasteiger partial charge in [0.2, 0.25) is 0 Å². The summed E-state index contributed by atoms with van der Waals surface area (Å²) in [5.74, 6) is -1.01. The molecular weight excluding hydrogens is 340 g/mol. The SMILES string of the molecule is Cc1cccc(NC(=O)N2CC(C)(OCC(=O)O)C2)c1Br. The first-order valence-corrected chi connectivity index (χ1v) is 7.27. The number of rotatable bonds is 4. The van der Waals surface area contributed by atoms with Gasteiger partial charge >= 0.3 is 12.0 Å². The van der Waals surface area contributed by atoms with Crippen molar-refractivity contribution >= 4 is 33.6 Å². The van der Waals surface area contributed by atoms with Crippen molar-refractivity contribution in [2.75, 3.05) is 25.0 Å². The van der Waals surface area contributed by atoms with Crippen LogP contribution in [0.25, 0.3) is 0 Å². The average molecular weight is 357 g/mol. The lowest BCUT2D eigenvalue weighted by Gasteiger charge is -2.46.